The van der Waals surface area contributed by atoms with Crippen LogP contribution in [0.15, 0.2) is 18.2 Å². The average molecular weight is 327 g/mol. The molecular formula is C15H16Cl2N2O2. The van der Waals surface area contributed by atoms with E-state index >= 15 is 0 Å². The van der Waals surface area contributed by atoms with Crippen LogP contribution >= 0.6 is 23.2 Å². The third-order valence-corrected chi connectivity index (χ3v) is 4.13. The lowest BCUT2D eigenvalue weighted by Gasteiger charge is -2.06. The molecule has 1 aromatic carbocycles. The summed E-state index contributed by atoms with van der Waals surface area (Å²) in [5, 5.41) is 5.51. The van der Waals surface area contributed by atoms with Crippen molar-refractivity contribution in [1.29, 1.82) is 0 Å². The smallest absolute Gasteiger partial charge is 0.305 e. The molecule has 0 amide bonds. The molecule has 4 nitrogen and oxygen atoms in total. The van der Waals surface area contributed by atoms with E-state index in [9.17, 15) is 4.79 Å². The Bertz CT molecular complexity index is 681. The van der Waals surface area contributed by atoms with Crippen molar-refractivity contribution in [3.05, 3.63) is 45.2 Å². The molecule has 0 N–H and O–H groups in total. The molecule has 2 rings (SSSR count). The van der Waals surface area contributed by atoms with E-state index in [2.05, 4.69) is 9.84 Å². The highest BCUT2D eigenvalue weighted by Crippen LogP contribution is 2.26. The first-order valence-corrected chi connectivity index (χ1v) is 7.27. The Kier molecular flexibility index (Phi) is 4.91. The summed E-state index contributed by atoms with van der Waals surface area (Å²) in [6, 6.07) is 5.37. The number of aryl methyl sites for hydroxylation is 1. The predicted octanol–water partition coefficient (Wildman–Crippen LogP) is 3.90. The molecule has 0 aliphatic rings. The van der Waals surface area contributed by atoms with E-state index in [0.29, 0.717) is 22.9 Å². The van der Waals surface area contributed by atoms with Crippen LogP contribution in [0.3, 0.4) is 0 Å². The zero-order chi connectivity index (χ0) is 15.6. The molecule has 0 aliphatic carbocycles. The number of nitrogens with zero attached hydrogens (tertiary/aromatic N) is 2. The first-order chi connectivity index (χ1) is 9.93. The lowest BCUT2D eigenvalue weighted by Crippen LogP contribution is -2.03. The van der Waals surface area contributed by atoms with Crippen molar-refractivity contribution in [3.8, 4) is 5.69 Å². The van der Waals surface area contributed by atoms with Gasteiger partial charge in [-0.15, -0.1) is 0 Å². The van der Waals surface area contributed by atoms with E-state index in [4.69, 9.17) is 23.2 Å². The van der Waals surface area contributed by atoms with Gasteiger partial charge in [0.25, 0.3) is 0 Å². The van der Waals surface area contributed by atoms with E-state index in [1.165, 1.54) is 7.11 Å². The lowest BCUT2D eigenvalue weighted by atomic mass is 10.1. The molecule has 0 bridgehead atoms. The zero-order valence-corrected chi connectivity index (χ0v) is 13.6. The van der Waals surface area contributed by atoms with Crippen LogP contribution in [0.25, 0.3) is 5.69 Å². The fraction of sp³-hybridized carbons (Fsp3) is 0.333. The molecule has 112 valence electrons. The summed E-state index contributed by atoms with van der Waals surface area (Å²) in [4.78, 5) is 11.3. The van der Waals surface area contributed by atoms with Crippen LogP contribution < -0.4 is 0 Å². The highest BCUT2D eigenvalue weighted by Gasteiger charge is 2.14. The van der Waals surface area contributed by atoms with Crippen molar-refractivity contribution < 1.29 is 9.53 Å². The predicted molar refractivity (Wildman–Crippen MR) is 83.4 cm³/mol. The van der Waals surface area contributed by atoms with Crippen LogP contribution in [0.5, 0.6) is 0 Å². The molecule has 0 fully saturated rings. The van der Waals surface area contributed by atoms with Crippen LogP contribution in [0, 0.1) is 13.8 Å². The van der Waals surface area contributed by atoms with E-state index in [0.717, 1.165) is 22.6 Å². The van der Waals surface area contributed by atoms with Crippen LogP contribution in [-0.2, 0) is 16.0 Å². The Labute approximate surface area is 133 Å². The molecule has 0 aliphatic heterocycles. The van der Waals surface area contributed by atoms with Gasteiger partial charge in [0.2, 0.25) is 0 Å². The number of aromatic nitrogens is 2. The molecule has 6 heteroatoms. The molecule has 0 radical (unpaired) electrons. The number of hydrogen-bond donors (Lipinski definition) is 0. The number of hydrogen-bond acceptors (Lipinski definition) is 3. The molecule has 1 heterocycles. The number of rotatable bonds is 4. The van der Waals surface area contributed by atoms with Gasteiger partial charge in [0.1, 0.15) is 0 Å². The van der Waals surface area contributed by atoms with Crippen molar-refractivity contribution >= 4 is 29.2 Å². The van der Waals surface area contributed by atoms with Gasteiger partial charge in [-0.3, -0.25) is 4.79 Å². The molecule has 0 saturated heterocycles. The normalized spacial score (nSPS) is 10.7. The monoisotopic (exact) mass is 326 g/mol. The summed E-state index contributed by atoms with van der Waals surface area (Å²) < 4.78 is 6.48. The Morgan fingerprint density at radius 3 is 2.62 bits per heavy atom. The molecule has 0 spiro atoms. The van der Waals surface area contributed by atoms with Crippen molar-refractivity contribution in [2.45, 2.75) is 26.7 Å². The average Bonchev–Trinajstić information content (AvgIpc) is 2.74. The lowest BCUT2D eigenvalue weighted by molar-refractivity contribution is -0.140. The Balaban J connectivity index is 2.33. The number of esters is 1. The van der Waals surface area contributed by atoms with Gasteiger partial charge >= 0.3 is 5.97 Å². The Hall–Kier alpha value is -1.52. The fourth-order valence-electron chi connectivity index (χ4n) is 2.23. The summed E-state index contributed by atoms with van der Waals surface area (Å²) in [5.41, 5.74) is 3.76. The molecule has 0 unspecified atom stereocenters. The summed E-state index contributed by atoms with van der Waals surface area (Å²) in [5.74, 6) is -0.226. The van der Waals surface area contributed by atoms with Gasteiger partial charge in [-0.2, -0.15) is 5.10 Å². The molecule has 0 saturated carbocycles. The summed E-state index contributed by atoms with van der Waals surface area (Å²) in [7, 11) is 1.39. The first kappa shape index (κ1) is 15.9. The number of ether oxygens (including phenoxy) is 1. The SMILES string of the molecule is COC(=O)CCc1c(C)nn(-c2ccc(Cl)c(Cl)c2)c1C. The molecule has 21 heavy (non-hydrogen) atoms. The van der Waals surface area contributed by atoms with E-state index in [1.54, 1.807) is 12.1 Å². The van der Waals surface area contributed by atoms with Crippen LogP contribution in [0.2, 0.25) is 10.0 Å². The molecule has 0 atom stereocenters. The third kappa shape index (κ3) is 3.39. The second-order valence-corrected chi connectivity index (χ2v) is 5.55. The minimum absolute atomic E-state index is 0.226. The van der Waals surface area contributed by atoms with Crippen LogP contribution in [-0.4, -0.2) is 22.9 Å². The minimum atomic E-state index is -0.226. The summed E-state index contributed by atoms with van der Waals surface area (Å²) >= 11 is 12.0. The number of carbonyl (C=O) groups excluding carboxylic acids is 1. The van der Waals surface area contributed by atoms with Gasteiger partial charge in [-0.05, 0) is 44.0 Å². The number of halogens is 2. The topological polar surface area (TPSA) is 44.1 Å². The molecule has 2 aromatic rings. The number of benzene rings is 1. The third-order valence-electron chi connectivity index (χ3n) is 3.40. The fourth-order valence-corrected chi connectivity index (χ4v) is 2.53. The maximum Gasteiger partial charge on any atom is 0.305 e. The van der Waals surface area contributed by atoms with Crippen LogP contribution in [0.1, 0.15) is 23.4 Å². The van der Waals surface area contributed by atoms with Crippen molar-refractivity contribution in [3.63, 3.8) is 0 Å². The highest BCUT2D eigenvalue weighted by molar-refractivity contribution is 6.42. The molecule has 1 aromatic heterocycles. The van der Waals surface area contributed by atoms with E-state index < -0.39 is 0 Å². The van der Waals surface area contributed by atoms with E-state index in [-0.39, 0.29) is 5.97 Å². The van der Waals surface area contributed by atoms with E-state index in [1.807, 2.05) is 24.6 Å². The van der Waals surface area contributed by atoms with Crippen molar-refractivity contribution in [1.82, 2.24) is 9.78 Å². The quantitative estimate of drug-likeness (QED) is 0.800. The standard InChI is InChI=1S/C15H16Cl2N2O2/c1-9-12(5-7-15(20)21-3)10(2)19(18-9)11-4-6-13(16)14(17)8-11/h4,6,8H,5,7H2,1-3H3. The maximum atomic E-state index is 11.3. The first-order valence-electron chi connectivity index (χ1n) is 6.51. The van der Waals surface area contributed by atoms with Crippen molar-refractivity contribution in [2.24, 2.45) is 0 Å². The van der Waals surface area contributed by atoms with Gasteiger partial charge in [-0.1, -0.05) is 23.2 Å². The van der Waals surface area contributed by atoms with Gasteiger partial charge in [0, 0.05) is 12.1 Å². The minimum Gasteiger partial charge on any atom is -0.469 e. The van der Waals surface area contributed by atoms with Crippen molar-refractivity contribution in [2.75, 3.05) is 7.11 Å². The number of methoxy groups -OCH3 is 1. The maximum absolute atomic E-state index is 11.3. The second kappa shape index (κ2) is 6.50. The second-order valence-electron chi connectivity index (χ2n) is 4.74. The van der Waals surface area contributed by atoms with Crippen LogP contribution in [0.4, 0.5) is 0 Å². The summed E-state index contributed by atoms with van der Waals surface area (Å²) in [6.45, 7) is 3.89. The largest absolute Gasteiger partial charge is 0.469 e. The summed E-state index contributed by atoms with van der Waals surface area (Å²) in [6.07, 6.45) is 0.941. The van der Waals surface area contributed by atoms with Gasteiger partial charge in [0.15, 0.2) is 0 Å². The zero-order valence-electron chi connectivity index (χ0n) is 12.1. The highest BCUT2D eigenvalue weighted by atomic mass is 35.5. The van der Waals surface area contributed by atoms with Gasteiger partial charge in [-0.25, -0.2) is 4.68 Å². The number of carbonyl (C=O) groups is 1. The Morgan fingerprint density at radius 1 is 1.29 bits per heavy atom. The Morgan fingerprint density at radius 2 is 2.00 bits per heavy atom. The van der Waals surface area contributed by atoms with Gasteiger partial charge in [0.05, 0.1) is 28.5 Å². The molecular weight excluding hydrogens is 311 g/mol. The van der Waals surface area contributed by atoms with Gasteiger partial charge < -0.3 is 4.74 Å².